The topological polar surface area (TPSA) is 71.4 Å². The number of hydrogen-bond acceptors (Lipinski definition) is 3. The number of halogens is 1. The Morgan fingerprint density at radius 1 is 1.42 bits per heavy atom. The standard InChI is InChI=1S/C13H17BrO4S/c1-3-9(2)7-19(17,18)8-11-5-4-10(13(15)16)6-12(11)14/h4-6,9H,3,7-8H2,1-2H3,(H,15,16). The molecule has 0 fully saturated rings. The molecule has 1 aromatic rings. The zero-order chi connectivity index (χ0) is 14.6. The summed E-state index contributed by atoms with van der Waals surface area (Å²) in [5, 5.41) is 8.84. The van der Waals surface area contributed by atoms with E-state index in [1.54, 1.807) is 6.07 Å². The highest BCUT2D eigenvalue weighted by atomic mass is 79.9. The minimum atomic E-state index is -3.18. The third-order valence-corrected chi connectivity index (χ3v) is 5.48. The summed E-state index contributed by atoms with van der Waals surface area (Å²) in [6, 6.07) is 4.39. The molecule has 1 aromatic carbocycles. The molecule has 0 aliphatic heterocycles. The van der Waals surface area contributed by atoms with Gasteiger partial charge in [-0.05, 0) is 23.6 Å². The molecule has 0 aromatic heterocycles. The molecule has 0 radical (unpaired) electrons. The van der Waals surface area contributed by atoms with Crippen molar-refractivity contribution in [2.45, 2.75) is 26.0 Å². The summed E-state index contributed by atoms with van der Waals surface area (Å²) >= 11 is 3.22. The number of rotatable bonds is 6. The average molecular weight is 349 g/mol. The van der Waals surface area contributed by atoms with Crippen LogP contribution < -0.4 is 0 Å². The first-order valence-electron chi connectivity index (χ1n) is 5.97. The van der Waals surface area contributed by atoms with Crippen molar-refractivity contribution in [3.63, 3.8) is 0 Å². The Kier molecular flexibility index (Phi) is 5.55. The van der Waals surface area contributed by atoms with E-state index in [4.69, 9.17) is 5.11 Å². The molecule has 0 amide bonds. The van der Waals surface area contributed by atoms with Gasteiger partial charge in [0.05, 0.1) is 17.1 Å². The number of benzene rings is 1. The van der Waals surface area contributed by atoms with E-state index >= 15 is 0 Å². The SMILES string of the molecule is CCC(C)CS(=O)(=O)Cc1ccc(C(=O)O)cc1Br. The second-order valence-electron chi connectivity index (χ2n) is 4.68. The normalized spacial score (nSPS) is 13.2. The zero-order valence-electron chi connectivity index (χ0n) is 10.9. The highest BCUT2D eigenvalue weighted by Gasteiger charge is 2.17. The highest BCUT2D eigenvalue weighted by molar-refractivity contribution is 9.10. The molecular formula is C13H17BrO4S. The maximum atomic E-state index is 12.0. The number of carboxylic acid groups (broad SMARTS) is 1. The Balaban J connectivity index is 2.91. The van der Waals surface area contributed by atoms with Crippen molar-refractivity contribution < 1.29 is 18.3 Å². The predicted molar refractivity (Wildman–Crippen MR) is 78.0 cm³/mol. The fourth-order valence-corrected chi connectivity index (χ4v) is 4.30. The Morgan fingerprint density at radius 3 is 2.53 bits per heavy atom. The molecule has 19 heavy (non-hydrogen) atoms. The molecule has 0 saturated carbocycles. The van der Waals surface area contributed by atoms with Crippen LogP contribution in [-0.4, -0.2) is 25.2 Å². The Morgan fingerprint density at radius 2 is 2.05 bits per heavy atom. The molecule has 1 atom stereocenters. The monoisotopic (exact) mass is 348 g/mol. The van der Waals surface area contributed by atoms with Gasteiger partial charge in [-0.3, -0.25) is 0 Å². The third kappa shape index (κ3) is 4.95. The zero-order valence-corrected chi connectivity index (χ0v) is 13.3. The fraction of sp³-hybridized carbons (Fsp3) is 0.462. The molecular weight excluding hydrogens is 332 g/mol. The summed E-state index contributed by atoms with van der Waals surface area (Å²) < 4.78 is 24.5. The van der Waals surface area contributed by atoms with Gasteiger partial charge in [0.2, 0.25) is 0 Å². The summed E-state index contributed by atoms with van der Waals surface area (Å²) in [5.41, 5.74) is 0.725. The van der Waals surface area contributed by atoms with Crippen molar-refractivity contribution in [2.24, 2.45) is 5.92 Å². The molecule has 0 aliphatic carbocycles. The van der Waals surface area contributed by atoms with Gasteiger partial charge in [0.15, 0.2) is 9.84 Å². The smallest absolute Gasteiger partial charge is 0.335 e. The van der Waals surface area contributed by atoms with Gasteiger partial charge < -0.3 is 5.11 Å². The van der Waals surface area contributed by atoms with Crippen LogP contribution in [-0.2, 0) is 15.6 Å². The molecule has 6 heteroatoms. The van der Waals surface area contributed by atoms with Crippen LogP contribution in [0.4, 0.5) is 0 Å². The van der Waals surface area contributed by atoms with Gasteiger partial charge in [-0.1, -0.05) is 42.3 Å². The minimum absolute atomic E-state index is 0.0716. The van der Waals surface area contributed by atoms with Gasteiger partial charge in [-0.25, -0.2) is 13.2 Å². The fourth-order valence-electron chi connectivity index (χ4n) is 1.64. The molecule has 4 nitrogen and oxygen atoms in total. The number of carbonyl (C=O) groups is 1. The second-order valence-corrected chi connectivity index (χ2v) is 7.64. The van der Waals surface area contributed by atoms with E-state index in [1.807, 2.05) is 13.8 Å². The van der Waals surface area contributed by atoms with E-state index in [0.717, 1.165) is 6.42 Å². The summed E-state index contributed by atoms with van der Waals surface area (Å²) in [5.74, 6) is -0.828. The van der Waals surface area contributed by atoms with Crippen molar-refractivity contribution >= 4 is 31.7 Å². The van der Waals surface area contributed by atoms with Crippen LogP contribution in [0.1, 0.15) is 36.2 Å². The molecule has 0 bridgehead atoms. The minimum Gasteiger partial charge on any atom is -0.478 e. The van der Waals surface area contributed by atoms with Crippen molar-refractivity contribution in [2.75, 3.05) is 5.75 Å². The first-order valence-corrected chi connectivity index (χ1v) is 8.58. The van der Waals surface area contributed by atoms with Crippen LogP contribution >= 0.6 is 15.9 Å². The van der Waals surface area contributed by atoms with Crippen LogP contribution in [0, 0.1) is 5.92 Å². The Bertz CT molecular complexity index is 566. The second kappa shape index (κ2) is 6.52. The lowest BCUT2D eigenvalue weighted by molar-refractivity contribution is 0.0697. The average Bonchev–Trinajstić information content (AvgIpc) is 2.30. The number of sulfone groups is 1. The first-order chi connectivity index (χ1) is 8.75. The molecule has 1 rings (SSSR count). The van der Waals surface area contributed by atoms with Crippen LogP contribution in [0.15, 0.2) is 22.7 Å². The van der Waals surface area contributed by atoms with Crippen molar-refractivity contribution in [1.82, 2.24) is 0 Å². The Hall–Kier alpha value is -0.880. The van der Waals surface area contributed by atoms with Crippen LogP contribution in [0.25, 0.3) is 0 Å². The number of aromatic carboxylic acids is 1. The largest absolute Gasteiger partial charge is 0.478 e. The predicted octanol–water partition coefficient (Wildman–Crippen LogP) is 3.11. The van der Waals surface area contributed by atoms with Crippen LogP contribution in [0.5, 0.6) is 0 Å². The number of carboxylic acids is 1. The van der Waals surface area contributed by atoms with Crippen molar-refractivity contribution in [1.29, 1.82) is 0 Å². The molecule has 0 saturated heterocycles. The Labute approximate surface area is 121 Å². The summed E-state index contributed by atoms with van der Waals surface area (Å²) in [6.45, 7) is 3.86. The van der Waals surface area contributed by atoms with Crippen LogP contribution in [0.3, 0.4) is 0 Å². The van der Waals surface area contributed by atoms with Gasteiger partial charge in [-0.2, -0.15) is 0 Å². The number of hydrogen-bond donors (Lipinski definition) is 1. The molecule has 0 aliphatic rings. The van der Waals surface area contributed by atoms with Gasteiger partial charge in [-0.15, -0.1) is 0 Å². The maximum Gasteiger partial charge on any atom is 0.335 e. The van der Waals surface area contributed by atoms with E-state index in [-0.39, 0.29) is 23.0 Å². The van der Waals surface area contributed by atoms with Crippen molar-refractivity contribution in [3.05, 3.63) is 33.8 Å². The van der Waals surface area contributed by atoms with E-state index in [0.29, 0.717) is 10.0 Å². The lowest BCUT2D eigenvalue weighted by Crippen LogP contribution is -2.15. The third-order valence-electron chi connectivity index (χ3n) is 2.91. The van der Waals surface area contributed by atoms with Gasteiger partial charge in [0.25, 0.3) is 0 Å². The highest BCUT2D eigenvalue weighted by Crippen LogP contribution is 2.22. The van der Waals surface area contributed by atoms with Crippen molar-refractivity contribution in [3.8, 4) is 0 Å². The van der Waals surface area contributed by atoms with Gasteiger partial charge in [0, 0.05) is 4.47 Å². The van der Waals surface area contributed by atoms with E-state index < -0.39 is 15.8 Å². The van der Waals surface area contributed by atoms with E-state index in [1.165, 1.54) is 12.1 Å². The van der Waals surface area contributed by atoms with E-state index in [9.17, 15) is 13.2 Å². The maximum absolute atomic E-state index is 12.0. The van der Waals surface area contributed by atoms with Crippen LogP contribution in [0.2, 0.25) is 0 Å². The molecule has 0 spiro atoms. The first kappa shape index (κ1) is 16.2. The van der Waals surface area contributed by atoms with Gasteiger partial charge >= 0.3 is 5.97 Å². The lowest BCUT2D eigenvalue weighted by Gasteiger charge is -2.11. The molecule has 1 N–H and O–H groups in total. The van der Waals surface area contributed by atoms with Gasteiger partial charge in [0.1, 0.15) is 0 Å². The summed E-state index contributed by atoms with van der Waals surface area (Å²) in [7, 11) is -3.18. The summed E-state index contributed by atoms with van der Waals surface area (Å²) in [6.07, 6.45) is 0.818. The lowest BCUT2D eigenvalue weighted by atomic mass is 10.1. The molecule has 1 unspecified atom stereocenters. The quantitative estimate of drug-likeness (QED) is 0.857. The molecule has 106 valence electrons. The molecule has 0 heterocycles. The van der Waals surface area contributed by atoms with E-state index in [2.05, 4.69) is 15.9 Å². The summed E-state index contributed by atoms with van der Waals surface area (Å²) in [4.78, 5) is 10.8.